The topological polar surface area (TPSA) is 54.0 Å². The number of hydrogen-bond acceptors (Lipinski definition) is 4. The summed E-state index contributed by atoms with van der Waals surface area (Å²) in [6, 6.07) is 6.06. The molecule has 0 aromatic heterocycles. The lowest BCUT2D eigenvalue weighted by atomic mass is 10.2. The van der Waals surface area contributed by atoms with Crippen LogP contribution >= 0.6 is 0 Å². The van der Waals surface area contributed by atoms with Gasteiger partial charge in [-0.15, -0.1) is 0 Å². The zero-order chi connectivity index (χ0) is 15.5. The lowest BCUT2D eigenvalue weighted by Crippen LogP contribution is -2.50. The van der Waals surface area contributed by atoms with Crippen molar-refractivity contribution in [3.05, 3.63) is 18.2 Å². The molecule has 1 aliphatic carbocycles. The molecule has 2 aliphatic rings. The summed E-state index contributed by atoms with van der Waals surface area (Å²) in [4.78, 5) is 16.8. The van der Waals surface area contributed by atoms with Crippen LogP contribution in [0.3, 0.4) is 0 Å². The van der Waals surface area contributed by atoms with Crippen molar-refractivity contribution < 1.29 is 14.3 Å². The van der Waals surface area contributed by atoms with Gasteiger partial charge in [0.25, 0.3) is 0 Å². The largest absolute Gasteiger partial charge is 0.497 e. The van der Waals surface area contributed by atoms with Crippen LogP contribution < -0.4 is 14.8 Å². The Morgan fingerprint density at radius 1 is 1.14 bits per heavy atom. The third-order valence-corrected chi connectivity index (χ3v) is 4.31. The average Bonchev–Trinajstić information content (AvgIpc) is 3.40. The zero-order valence-corrected chi connectivity index (χ0v) is 13.2. The van der Waals surface area contributed by atoms with Crippen molar-refractivity contribution in [3.63, 3.8) is 0 Å². The Bertz CT molecular complexity index is 537. The van der Waals surface area contributed by atoms with Crippen molar-refractivity contribution in [2.24, 2.45) is 0 Å². The van der Waals surface area contributed by atoms with Crippen LogP contribution in [0.4, 0.5) is 10.5 Å². The molecule has 0 unspecified atom stereocenters. The molecule has 2 fully saturated rings. The minimum atomic E-state index is -0.0815. The molecule has 22 heavy (non-hydrogen) atoms. The number of ether oxygens (including phenoxy) is 2. The normalized spacial score (nSPS) is 18.9. The lowest BCUT2D eigenvalue weighted by Gasteiger charge is -2.34. The predicted molar refractivity (Wildman–Crippen MR) is 84.7 cm³/mol. The Hall–Kier alpha value is -1.95. The zero-order valence-electron chi connectivity index (χ0n) is 13.2. The van der Waals surface area contributed by atoms with Gasteiger partial charge in [0.05, 0.1) is 19.9 Å². The number of amides is 2. The third kappa shape index (κ3) is 3.27. The molecule has 3 rings (SSSR count). The molecule has 1 saturated heterocycles. The highest BCUT2D eigenvalue weighted by Crippen LogP contribution is 2.30. The quantitative estimate of drug-likeness (QED) is 0.924. The van der Waals surface area contributed by atoms with Crippen LogP contribution in [-0.2, 0) is 0 Å². The van der Waals surface area contributed by atoms with E-state index in [9.17, 15) is 4.79 Å². The summed E-state index contributed by atoms with van der Waals surface area (Å²) in [7, 11) is 3.19. The van der Waals surface area contributed by atoms with Gasteiger partial charge in [0.1, 0.15) is 11.5 Å². The first kappa shape index (κ1) is 15.0. The minimum Gasteiger partial charge on any atom is -0.497 e. The second kappa shape index (κ2) is 6.44. The van der Waals surface area contributed by atoms with E-state index in [1.54, 1.807) is 26.4 Å². The third-order valence-electron chi connectivity index (χ3n) is 4.31. The van der Waals surface area contributed by atoms with E-state index < -0.39 is 0 Å². The number of nitrogens with zero attached hydrogens (tertiary/aromatic N) is 2. The standard InChI is InChI=1S/C16H23N3O3/c1-21-13-5-6-15(22-2)14(11-13)17-16(20)19-9-7-18(8-10-19)12-3-4-12/h5-6,11-12H,3-4,7-10H2,1-2H3,(H,17,20). The van der Waals surface area contributed by atoms with Crippen molar-refractivity contribution in [2.45, 2.75) is 18.9 Å². The van der Waals surface area contributed by atoms with Gasteiger partial charge in [-0.2, -0.15) is 0 Å². The SMILES string of the molecule is COc1ccc(OC)c(NC(=O)N2CCN(C3CC3)CC2)c1. The molecule has 1 N–H and O–H groups in total. The van der Waals surface area contributed by atoms with E-state index in [0.717, 1.165) is 32.2 Å². The molecule has 1 aromatic carbocycles. The van der Waals surface area contributed by atoms with Gasteiger partial charge in [0, 0.05) is 38.3 Å². The van der Waals surface area contributed by atoms with Gasteiger partial charge in [-0.3, -0.25) is 4.90 Å². The molecule has 1 heterocycles. The summed E-state index contributed by atoms with van der Waals surface area (Å²) in [5.74, 6) is 1.32. The molecule has 1 aliphatic heterocycles. The molecule has 6 heteroatoms. The monoisotopic (exact) mass is 305 g/mol. The van der Waals surface area contributed by atoms with Crippen molar-refractivity contribution in [2.75, 3.05) is 45.7 Å². The van der Waals surface area contributed by atoms with Crippen LogP contribution in [0, 0.1) is 0 Å². The van der Waals surface area contributed by atoms with E-state index >= 15 is 0 Å². The van der Waals surface area contributed by atoms with Crippen LogP contribution in [0.25, 0.3) is 0 Å². The average molecular weight is 305 g/mol. The fraction of sp³-hybridized carbons (Fsp3) is 0.562. The van der Waals surface area contributed by atoms with E-state index in [4.69, 9.17) is 9.47 Å². The fourth-order valence-corrected chi connectivity index (χ4v) is 2.84. The molecule has 6 nitrogen and oxygen atoms in total. The number of anilines is 1. The fourth-order valence-electron chi connectivity index (χ4n) is 2.84. The van der Waals surface area contributed by atoms with Crippen LogP contribution in [0.15, 0.2) is 18.2 Å². The van der Waals surface area contributed by atoms with Crippen molar-refractivity contribution in [3.8, 4) is 11.5 Å². The maximum atomic E-state index is 12.4. The van der Waals surface area contributed by atoms with Crippen molar-refractivity contribution in [1.82, 2.24) is 9.80 Å². The van der Waals surface area contributed by atoms with Crippen LogP contribution in [0.1, 0.15) is 12.8 Å². The van der Waals surface area contributed by atoms with Crippen molar-refractivity contribution in [1.29, 1.82) is 0 Å². The molecule has 1 saturated carbocycles. The summed E-state index contributed by atoms with van der Waals surface area (Å²) in [5, 5.41) is 2.93. The first-order valence-corrected chi connectivity index (χ1v) is 7.73. The highest BCUT2D eigenvalue weighted by atomic mass is 16.5. The number of carbonyl (C=O) groups excluding carboxylic acids is 1. The van der Waals surface area contributed by atoms with Gasteiger partial charge < -0.3 is 19.7 Å². The van der Waals surface area contributed by atoms with E-state index in [2.05, 4.69) is 10.2 Å². The Balaban J connectivity index is 1.61. The summed E-state index contributed by atoms with van der Waals surface area (Å²) >= 11 is 0. The lowest BCUT2D eigenvalue weighted by molar-refractivity contribution is 0.142. The predicted octanol–water partition coefficient (Wildman–Crippen LogP) is 2.02. The number of benzene rings is 1. The summed E-state index contributed by atoms with van der Waals surface area (Å²) in [5.41, 5.74) is 0.636. The van der Waals surface area contributed by atoms with Crippen LogP contribution in [0.2, 0.25) is 0 Å². The van der Waals surface area contributed by atoms with Gasteiger partial charge in [-0.25, -0.2) is 4.79 Å². The molecule has 0 radical (unpaired) electrons. The smallest absolute Gasteiger partial charge is 0.322 e. The second-order valence-corrected chi connectivity index (χ2v) is 5.75. The Morgan fingerprint density at radius 2 is 1.86 bits per heavy atom. The number of urea groups is 1. The molecule has 0 atom stereocenters. The highest BCUT2D eigenvalue weighted by molar-refractivity contribution is 5.91. The summed E-state index contributed by atoms with van der Waals surface area (Å²) < 4.78 is 10.5. The first-order valence-electron chi connectivity index (χ1n) is 7.73. The molecule has 0 spiro atoms. The molecular formula is C16H23N3O3. The number of hydrogen-bond donors (Lipinski definition) is 1. The number of methoxy groups -OCH3 is 2. The Labute approximate surface area is 131 Å². The number of nitrogens with one attached hydrogen (secondary N) is 1. The first-order chi connectivity index (χ1) is 10.7. The second-order valence-electron chi connectivity index (χ2n) is 5.75. The maximum Gasteiger partial charge on any atom is 0.322 e. The van der Waals surface area contributed by atoms with Gasteiger partial charge in [0.2, 0.25) is 0 Å². The number of rotatable bonds is 4. The minimum absolute atomic E-state index is 0.0815. The highest BCUT2D eigenvalue weighted by Gasteiger charge is 2.32. The van der Waals surface area contributed by atoms with Crippen LogP contribution in [-0.4, -0.2) is 62.3 Å². The van der Waals surface area contributed by atoms with Crippen LogP contribution in [0.5, 0.6) is 11.5 Å². The Kier molecular flexibility index (Phi) is 4.38. The Morgan fingerprint density at radius 3 is 2.45 bits per heavy atom. The van der Waals surface area contributed by atoms with Gasteiger partial charge >= 0.3 is 6.03 Å². The molecule has 120 valence electrons. The molecule has 2 amide bonds. The van der Waals surface area contributed by atoms with Gasteiger partial charge in [0.15, 0.2) is 0 Å². The van der Waals surface area contributed by atoms with E-state index in [1.165, 1.54) is 12.8 Å². The van der Waals surface area contributed by atoms with Crippen molar-refractivity contribution >= 4 is 11.7 Å². The van der Waals surface area contributed by atoms with E-state index in [0.29, 0.717) is 17.2 Å². The summed E-state index contributed by atoms with van der Waals surface area (Å²) in [6.07, 6.45) is 2.63. The summed E-state index contributed by atoms with van der Waals surface area (Å²) in [6.45, 7) is 3.48. The van der Waals surface area contributed by atoms with Gasteiger partial charge in [-0.1, -0.05) is 0 Å². The molecule has 0 bridgehead atoms. The number of carbonyl (C=O) groups is 1. The molecule has 1 aromatic rings. The molecular weight excluding hydrogens is 282 g/mol. The van der Waals surface area contributed by atoms with E-state index in [1.807, 2.05) is 11.0 Å². The maximum absolute atomic E-state index is 12.4. The number of piperazine rings is 1. The van der Waals surface area contributed by atoms with Gasteiger partial charge in [-0.05, 0) is 25.0 Å². The van der Waals surface area contributed by atoms with E-state index in [-0.39, 0.29) is 6.03 Å².